The third-order valence-corrected chi connectivity index (χ3v) is 3.21. The highest BCUT2D eigenvalue weighted by atomic mass is 79.9. The van der Waals surface area contributed by atoms with Gasteiger partial charge in [-0.15, -0.1) is 0 Å². The molecule has 0 unspecified atom stereocenters. The summed E-state index contributed by atoms with van der Waals surface area (Å²) in [6.45, 7) is 2.06. The molecule has 1 amide bonds. The fourth-order valence-corrected chi connectivity index (χ4v) is 2.17. The van der Waals surface area contributed by atoms with Crippen molar-refractivity contribution < 1.29 is 14.3 Å². The smallest absolute Gasteiger partial charge is 0.338 e. The molecule has 0 bridgehead atoms. The molecule has 0 aliphatic rings. The van der Waals surface area contributed by atoms with Crippen LogP contribution in [0.4, 0.5) is 5.69 Å². The van der Waals surface area contributed by atoms with Gasteiger partial charge >= 0.3 is 5.97 Å². The number of ether oxygens (including phenoxy) is 1. The zero-order chi connectivity index (χ0) is 15.2. The van der Waals surface area contributed by atoms with Crippen LogP contribution in [0.15, 0.2) is 53.0 Å². The first-order valence-electron chi connectivity index (χ1n) is 6.44. The van der Waals surface area contributed by atoms with Gasteiger partial charge in [-0.2, -0.15) is 0 Å². The van der Waals surface area contributed by atoms with Crippen LogP contribution in [0.5, 0.6) is 0 Å². The third-order valence-electron chi connectivity index (χ3n) is 2.72. The summed E-state index contributed by atoms with van der Waals surface area (Å²) in [4.78, 5) is 23.8. The maximum Gasteiger partial charge on any atom is 0.338 e. The van der Waals surface area contributed by atoms with E-state index in [4.69, 9.17) is 4.74 Å². The van der Waals surface area contributed by atoms with Crippen LogP contribution in [0.3, 0.4) is 0 Å². The highest BCUT2D eigenvalue weighted by molar-refractivity contribution is 9.10. The fourth-order valence-electron chi connectivity index (χ4n) is 1.77. The maximum absolute atomic E-state index is 12.1. The molecule has 108 valence electrons. The Morgan fingerprint density at radius 2 is 1.81 bits per heavy atom. The number of carbonyl (C=O) groups is 2. The monoisotopic (exact) mass is 347 g/mol. The van der Waals surface area contributed by atoms with Crippen LogP contribution in [0.25, 0.3) is 0 Å². The van der Waals surface area contributed by atoms with Gasteiger partial charge in [0.15, 0.2) is 0 Å². The summed E-state index contributed by atoms with van der Waals surface area (Å²) in [6.07, 6.45) is 0. The minimum atomic E-state index is -0.406. The minimum absolute atomic E-state index is 0.239. The number of hydrogen-bond donors (Lipinski definition) is 1. The lowest BCUT2D eigenvalue weighted by Gasteiger charge is -2.07. The number of halogens is 1. The van der Waals surface area contributed by atoms with Crippen molar-refractivity contribution in [1.29, 1.82) is 0 Å². The van der Waals surface area contributed by atoms with E-state index in [-0.39, 0.29) is 5.91 Å². The minimum Gasteiger partial charge on any atom is -0.462 e. The van der Waals surface area contributed by atoms with E-state index in [1.807, 2.05) is 6.07 Å². The van der Waals surface area contributed by atoms with Crippen LogP contribution < -0.4 is 5.32 Å². The molecule has 0 spiro atoms. The maximum atomic E-state index is 12.1. The molecule has 21 heavy (non-hydrogen) atoms. The average Bonchev–Trinajstić information content (AvgIpc) is 2.48. The van der Waals surface area contributed by atoms with Crippen LogP contribution in [0.1, 0.15) is 27.6 Å². The van der Waals surface area contributed by atoms with Crippen LogP contribution in [-0.4, -0.2) is 18.5 Å². The Hall–Kier alpha value is -2.14. The number of carbonyl (C=O) groups excluding carboxylic acids is 2. The summed E-state index contributed by atoms with van der Waals surface area (Å²) in [5.41, 5.74) is 1.49. The first kappa shape index (κ1) is 15.3. The van der Waals surface area contributed by atoms with Crippen molar-refractivity contribution >= 4 is 33.5 Å². The summed E-state index contributed by atoms with van der Waals surface area (Å²) >= 11 is 3.32. The fraction of sp³-hybridized carbons (Fsp3) is 0.125. The number of benzene rings is 2. The van der Waals surface area contributed by atoms with Crippen LogP contribution >= 0.6 is 15.9 Å². The van der Waals surface area contributed by atoms with Crippen molar-refractivity contribution in [3.8, 4) is 0 Å². The van der Waals surface area contributed by atoms with E-state index in [0.29, 0.717) is 23.4 Å². The van der Waals surface area contributed by atoms with Crippen LogP contribution in [0, 0.1) is 0 Å². The molecule has 0 atom stereocenters. The quantitative estimate of drug-likeness (QED) is 0.854. The van der Waals surface area contributed by atoms with E-state index in [9.17, 15) is 9.59 Å². The van der Waals surface area contributed by atoms with E-state index in [2.05, 4.69) is 21.2 Å². The summed E-state index contributed by atoms with van der Waals surface area (Å²) in [5.74, 6) is -0.645. The van der Waals surface area contributed by atoms with E-state index >= 15 is 0 Å². The van der Waals surface area contributed by atoms with Gasteiger partial charge in [0.25, 0.3) is 5.91 Å². The molecule has 0 saturated heterocycles. The number of nitrogens with one attached hydrogen (secondary N) is 1. The first-order chi connectivity index (χ1) is 10.1. The Morgan fingerprint density at radius 3 is 2.52 bits per heavy atom. The Kier molecular flexibility index (Phi) is 5.11. The van der Waals surface area contributed by atoms with Crippen molar-refractivity contribution in [3.63, 3.8) is 0 Å². The number of hydrogen-bond acceptors (Lipinski definition) is 3. The first-order valence-corrected chi connectivity index (χ1v) is 7.23. The molecule has 0 heterocycles. The summed E-state index contributed by atoms with van der Waals surface area (Å²) in [7, 11) is 0. The molecular weight excluding hydrogens is 334 g/mol. The van der Waals surface area contributed by atoms with E-state index in [1.165, 1.54) is 0 Å². The molecule has 2 aromatic carbocycles. The second kappa shape index (κ2) is 7.04. The van der Waals surface area contributed by atoms with Gasteiger partial charge in [0.1, 0.15) is 0 Å². The van der Waals surface area contributed by atoms with Gasteiger partial charge in [-0.25, -0.2) is 4.79 Å². The molecule has 2 aromatic rings. The van der Waals surface area contributed by atoms with E-state index < -0.39 is 5.97 Å². The van der Waals surface area contributed by atoms with Gasteiger partial charge in [0.2, 0.25) is 0 Å². The van der Waals surface area contributed by atoms with E-state index in [1.54, 1.807) is 49.4 Å². The Bertz CT molecular complexity index is 670. The molecule has 0 fully saturated rings. The highest BCUT2D eigenvalue weighted by Gasteiger charge is 2.10. The molecule has 0 saturated carbocycles. The summed E-state index contributed by atoms with van der Waals surface area (Å²) < 4.78 is 5.76. The largest absolute Gasteiger partial charge is 0.462 e. The predicted octanol–water partition coefficient (Wildman–Crippen LogP) is 3.88. The summed E-state index contributed by atoms with van der Waals surface area (Å²) in [6, 6.07) is 13.7. The third kappa shape index (κ3) is 4.16. The van der Waals surface area contributed by atoms with Crippen molar-refractivity contribution in [2.45, 2.75) is 6.92 Å². The lowest BCUT2D eigenvalue weighted by Crippen LogP contribution is -2.12. The topological polar surface area (TPSA) is 55.4 Å². The van der Waals surface area contributed by atoms with Crippen LogP contribution in [0.2, 0.25) is 0 Å². The highest BCUT2D eigenvalue weighted by Crippen LogP contribution is 2.15. The van der Waals surface area contributed by atoms with Gasteiger partial charge in [0.05, 0.1) is 12.2 Å². The summed E-state index contributed by atoms with van der Waals surface area (Å²) in [5, 5.41) is 2.76. The normalized spacial score (nSPS) is 10.0. The van der Waals surface area contributed by atoms with Crippen molar-refractivity contribution in [2.24, 2.45) is 0 Å². The molecule has 0 aliphatic carbocycles. The molecule has 0 aromatic heterocycles. The number of rotatable bonds is 4. The van der Waals surface area contributed by atoms with Gasteiger partial charge in [0, 0.05) is 15.7 Å². The number of amides is 1. The van der Waals surface area contributed by atoms with Crippen molar-refractivity contribution in [3.05, 3.63) is 64.1 Å². The van der Waals surface area contributed by atoms with Gasteiger partial charge in [-0.1, -0.05) is 28.1 Å². The van der Waals surface area contributed by atoms with Crippen molar-refractivity contribution in [2.75, 3.05) is 11.9 Å². The second-order valence-electron chi connectivity index (χ2n) is 4.27. The zero-order valence-corrected chi connectivity index (χ0v) is 13.0. The average molecular weight is 348 g/mol. The lowest BCUT2D eigenvalue weighted by molar-refractivity contribution is 0.0526. The SMILES string of the molecule is CCOC(=O)c1cccc(NC(=O)c2cccc(Br)c2)c1. The zero-order valence-electron chi connectivity index (χ0n) is 11.4. The Balaban J connectivity index is 2.14. The van der Waals surface area contributed by atoms with Gasteiger partial charge in [-0.3, -0.25) is 4.79 Å². The molecule has 5 heteroatoms. The predicted molar refractivity (Wildman–Crippen MR) is 84.5 cm³/mol. The molecule has 4 nitrogen and oxygen atoms in total. The van der Waals surface area contributed by atoms with Crippen LogP contribution in [-0.2, 0) is 4.74 Å². The molecule has 0 aliphatic heterocycles. The lowest BCUT2D eigenvalue weighted by atomic mass is 10.1. The number of esters is 1. The van der Waals surface area contributed by atoms with Gasteiger partial charge < -0.3 is 10.1 Å². The molecule has 1 N–H and O–H groups in total. The van der Waals surface area contributed by atoms with Crippen molar-refractivity contribution in [1.82, 2.24) is 0 Å². The molecular formula is C16H14BrNO3. The standard InChI is InChI=1S/C16H14BrNO3/c1-2-21-16(20)12-6-4-8-14(10-12)18-15(19)11-5-3-7-13(17)9-11/h3-10H,2H2,1H3,(H,18,19). The Morgan fingerprint density at radius 1 is 1.10 bits per heavy atom. The molecule has 0 radical (unpaired) electrons. The molecule has 2 rings (SSSR count). The number of anilines is 1. The van der Waals surface area contributed by atoms with Gasteiger partial charge in [-0.05, 0) is 43.3 Å². The van der Waals surface area contributed by atoms with E-state index in [0.717, 1.165) is 4.47 Å². The second-order valence-corrected chi connectivity index (χ2v) is 5.18. The Labute approximate surface area is 131 Å².